The van der Waals surface area contributed by atoms with Gasteiger partial charge in [0.15, 0.2) is 21.4 Å². The molecule has 0 fully saturated rings. The second kappa shape index (κ2) is 9.26. The van der Waals surface area contributed by atoms with E-state index >= 15 is 0 Å². The quantitative estimate of drug-likeness (QED) is 0.468. The van der Waals surface area contributed by atoms with E-state index in [0.29, 0.717) is 34.1 Å². The molecule has 0 saturated heterocycles. The van der Waals surface area contributed by atoms with Crippen molar-refractivity contribution in [1.82, 2.24) is 4.98 Å². The minimum absolute atomic E-state index is 0.0603. The van der Waals surface area contributed by atoms with Gasteiger partial charge in [-0.15, -0.1) is 0 Å². The number of nitrogens with zero attached hydrogens (tertiary/aromatic N) is 1. The van der Waals surface area contributed by atoms with Gasteiger partial charge in [0.2, 0.25) is 5.89 Å². The van der Waals surface area contributed by atoms with Crippen molar-refractivity contribution in [3.8, 4) is 17.2 Å². The van der Waals surface area contributed by atoms with Crippen LogP contribution in [0.2, 0.25) is 0 Å². The number of carbonyl (C=O) groups excluding carboxylic acids is 2. The summed E-state index contributed by atoms with van der Waals surface area (Å²) in [7, 11) is -2.18. The number of methoxy groups -OCH3 is 1. The predicted molar refractivity (Wildman–Crippen MR) is 116 cm³/mol. The van der Waals surface area contributed by atoms with Gasteiger partial charge in [0, 0.05) is 17.5 Å². The van der Waals surface area contributed by atoms with Gasteiger partial charge in [-0.05, 0) is 49.7 Å². The Hall–Kier alpha value is -3.26. The standard InChI is InChI=1S/C23H23NO6S/c1-15(25)19-6-4-5-17(11-19)12-20(26)13-31(27,28)14-22-16(2)30-23(24-22)18-7-9-21(29-3)10-8-18/h4-11H,12-14H2,1-3H3. The zero-order valence-corrected chi connectivity index (χ0v) is 18.4. The fraction of sp³-hybridized carbons (Fsp3) is 0.261. The normalized spacial score (nSPS) is 11.3. The predicted octanol–water partition coefficient (Wildman–Crippen LogP) is 3.59. The Morgan fingerprint density at radius 1 is 1.10 bits per heavy atom. The smallest absolute Gasteiger partial charge is 0.226 e. The van der Waals surface area contributed by atoms with E-state index in [2.05, 4.69) is 4.98 Å². The number of sulfone groups is 1. The highest BCUT2D eigenvalue weighted by molar-refractivity contribution is 7.91. The first-order chi connectivity index (χ1) is 14.7. The van der Waals surface area contributed by atoms with Crippen molar-refractivity contribution in [2.45, 2.75) is 26.0 Å². The third kappa shape index (κ3) is 5.88. The van der Waals surface area contributed by atoms with Gasteiger partial charge in [-0.25, -0.2) is 13.4 Å². The van der Waals surface area contributed by atoms with Crippen LogP contribution in [0.25, 0.3) is 11.5 Å². The first kappa shape index (κ1) is 22.4. The summed E-state index contributed by atoms with van der Waals surface area (Å²) in [6.07, 6.45) is -0.0603. The maximum atomic E-state index is 12.6. The maximum Gasteiger partial charge on any atom is 0.226 e. The molecule has 8 heteroatoms. The molecule has 0 N–H and O–H groups in total. The number of aromatic nitrogens is 1. The number of oxazole rings is 1. The summed E-state index contributed by atoms with van der Waals surface area (Å²) in [5, 5.41) is 0. The molecular weight excluding hydrogens is 418 g/mol. The largest absolute Gasteiger partial charge is 0.497 e. The molecule has 0 spiro atoms. The molecule has 0 aliphatic heterocycles. The van der Waals surface area contributed by atoms with E-state index in [4.69, 9.17) is 9.15 Å². The summed E-state index contributed by atoms with van der Waals surface area (Å²) in [6, 6.07) is 13.7. The molecule has 0 saturated carbocycles. The van der Waals surface area contributed by atoms with E-state index in [1.807, 2.05) is 0 Å². The Bertz CT molecular complexity index is 1210. The molecule has 3 rings (SSSR count). The highest BCUT2D eigenvalue weighted by Gasteiger charge is 2.22. The van der Waals surface area contributed by atoms with E-state index in [1.165, 1.54) is 6.92 Å². The highest BCUT2D eigenvalue weighted by Crippen LogP contribution is 2.25. The van der Waals surface area contributed by atoms with Crippen molar-refractivity contribution in [2.24, 2.45) is 0 Å². The van der Waals surface area contributed by atoms with E-state index in [0.717, 1.165) is 0 Å². The number of rotatable bonds is 9. The van der Waals surface area contributed by atoms with Crippen LogP contribution in [0.3, 0.4) is 0 Å². The molecule has 1 aromatic heterocycles. The van der Waals surface area contributed by atoms with Gasteiger partial charge in [0.05, 0.1) is 18.6 Å². The Labute approximate surface area is 181 Å². The average molecular weight is 442 g/mol. The SMILES string of the molecule is COc1ccc(-c2nc(CS(=O)(=O)CC(=O)Cc3cccc(C(C)=O)c3)c(C)o2)cc1. The van der Waals surface area contributed by atoms with Gasteiger partial charge in [-0.3, -0.25) is 9.59 Å². The zero-order valence-electron chi connectivity index (χ0n) is 17.5. The summed E-state index contributed by atoms with van der Waals surface area (Å²) >= 11 is 0. The van der Waals surface area contributed by atoms with Crippen molar-refractivity contribution in [1.29, 1.82) is 0 Å². The van der Waals surface area contributed by atoms with Crippen LogP contribution in [0, 0.1) is 6.92 Å². The first-order valence-electron chi connectivity index (χ1n) is 9.59. The van der Waals surface area contributed by atoms with Gasteiger partial charge in [-0.2, -0.15) is 0 Å². The second-order valence-corrected chi connectivity index (χ2v) is 9.32. The molecule has 1 heterocycles. The van der Waals surface area contributed by atoms with Crippen molar-refractivity contribution < 1.29 is 27.2 Å². The van der Waals surface area contributed by atoms with Crippen LogP contribution in [0.5, 0.6) is 5.75 Å². The average Bonchev–Trinajstić information content (AvgIpc) is 3.07. The molecule has 0 bridgehead atoms. The molecule has 2 aromatic carbocycles. The molecule has 0 unspecified atom stereocenters. The van der Waals surface area contributed by atoms with Crippen LogP contribution < -0.4 is 4.74 Å². The molecular formula is C23H23NO6S. The number of ketones is 2. The number of hydrogen-bond acceptors (Lipinski definition) is 7. The van der Waals surface area contributed by atoms with E-state index in [-0.39, 0.29) is 17.9 Å². The molecule has 7 nitrogen and oxygen atoms in total. The third-order valence-electron chi connectivity index (χ3n) is 4.70. The van der Waals surface area contributed by atoms with Gasteiger partial charge in [-0.1, -0.05) is 18.2 Å². The summed E-state index contributed by atoms with van der Waals surface area (Å²) in [5.74, 6) is -0.191. The van der Waals surface area contributed by atoms with Crippen molar-refractivity contribution >= 4 is 21.4 Å². The molecule has 0 amide bonds. The van der Waals surface area contributed by atoms with Gasteiger partial charge in [0.25, 0.3) is 0 Å². The molecule has 31 heavy (non-hydrogen) atoms. The van der Waals surface area contributed by atoms with E-state index in [1.54, 1.807) is 62.6 Å². The van der Waals surface area contributed by atoms with Gasteiger partial charge in [0.1, 0.15) is 17.3 Å². The molecule has 0 aliphatic rings. The van der Waals surface area contributed by atoms with Crippen LogP contribution in [0.1, 0.15) is 34.3 Å². The summed E-state index contributed by atoms with van der Waals surface area (Å²) in [6.45, 7) is 3.08. The van der Waals surface area contributed by atoms with Crippen LogP contribution in [-0.2, 0) is 26.8 Å². The van der Waals surface area contributed by atoms with E-state index in [9.17, 15) is 18.0 Å². The Morgan fingerprint density at radius 2 is 1.81 bits per heavy atom. The van der Waals surface area contributed by atoms with E-state index < -0.39 is 27.1 Å². The van der Waals surface area contributed by atoms with Gasteiger partial charge < -0.3 is 9.15 Å². The monoisotopic (exact) mass is 441 g/mol. The Kier molecular flexibility index (Phi) is 6.70. The number of ether oxygens (including phenoxy) is 1. The number of carbonyl (C=O) groups is 2. The summed E-state index contributed by atoms with van der Waals surface area (Å²) in [4.78, 5) is 28.1. The van der Waals surface area contributed by atoms with Gasteiger partial charge >= 0.3 is 0 Å². The maximum absolute atomic E-state index is 12.6. The lowest BCUT2D eigenvalue weighted by Crippen LogP contribution is -2.20. The van der Waals surface area contributed by atoms with Crippen LogP contribution >= 0.6 is 0 Å². The fourth-order valence-corrected chi connectivity index (χ4v) is 4.48. The summed E-state index contributed by atoms with van der Waals surface area (Å²) in [5.41, 5.74) is 2.05. The highest BCUT2D eigenvalue weighted by atomic mass is 32.2. The van der Waals surface area contributed by atoms with Crippen LogP contribution in [0.15, 0.2) is 52.9 Å². The molecule has 0 radical (unpaired) electrons. The minimum Gasteiger partial charge on any atom is -0.497 e. The van der Waals surface area contributed by atoms with Crippen molar-refractivity contribution in [3.63, 3.8) is 0 Å². The molecule has 0 atom stereocenters. The lowest BCUT2D eigenvalue weighted by molar-refractivity contribution is -0.116. The Morgan fingerprint density at radius 3 is 2.45 bits per heavy atom. The molecule has 162 valence electrons. The summed E-state index contributed by atoms with van der Waals surface area (Å²) < 4.78 is 35.9. The number of Topliss-reactive ketones (excluding diaryl/α,β-unsaturated/α-hetero) is 2. The van der Waals surface area contributed by atoms with Crippen molar-refractivity contribution in [2.75, 3.05) is 12.9 Å². The first-order valence-corrected chi connectivity index (χ1v) is 11.4. The molecule has 0 aliphatic carbocycles. The topological polar surface area (TPSA) is 104 Å². The lowest BCUT2D eigenvalue weighted by atomic mass is 10.0. The lowest BCUT2D eigenvalue weighted by Gasteiger charge is -2.04. The Balaban J connectivity index is 1.69. The van der Waals surface area contributed by atoms with Crippen molar-refractivity contribution in [3.05, 3.63) is 71.1 Å². The number of hydrogen-bond donors (Lipinski definition) is 0. The third-order valence-corrected chi connectivity index (χ3v) is 6.18. The fourth-order valence-electron chi connectivity index (χ4n) is 3.10. The number of aryl methyl sites for hydroxylation is 1. The second-order valence-electron chi connectivity index (χ2n) is 7.25. The van der Waals surface area contributed by atoms with Crippen LogP contribution in [-0.4, -0.2) is 37.8 Å². The zero-order chi connectivity index (χ0) is 22.6. The minimum atomic E-state index is -3.74. The number of benzene rings is 2. The molecule has 3 aromatic rings. The van der Waals surface area contributed by atoms with Crippen LogP contribution in [0.4, 0.5) is 0 Å².